The number of hydrogen-bond donors (Lipinski definition) is 0. The van der Waals surface area contributed by atoms with Crippen molar-refractivity contribution in [2.45, 2.75) is 20.8 Å². The number of carbonyl (C=O) groups excluding carboxylic acids is 1. The molecule has 0 atom stereocenters. The van der Waals surface area contributed by atoms with E-state index in [1.807, 2.05) is 55.6 Å². The highest BCUT2D eigenvalue weighted by Crippen LogP contribution is 2.29. The Kier molecular flexibility index (Phi) is 4.73. The van der Waals surface area contributed by atoms with Crippen LogP contribution in [-0.4, -0.2) is 21.8 Å². The summed E-state index contributed by atoms with van der Waals surface area (Å²) in [7, 11) is 0. The molecule has 1 amide bonds. The molecule has 0 spiro atoms. The summed E-state index contributed by atoms with van der Waals surface area (Å²) >= 11 is 1.38. The van der Waals surface area contributed by atoms with Crippen LogP contribution in [0.25, 0.3) is 16.2 Å². The lowest BCUT2D eigenvalue weighted by atomic mass is 10.2. The Bertz CT molecular complexity index is 1160. The molecule has 0 aliphatic carbocycles. The third kappa shape index (κ3) is 3.20. The summed E-state index contributed by atoms with van der Waals surface area (Å²) in [5, 5.41) is 0. The van der Waals surface area contributed by atoms with Gasteiger partial charge in [0.15, 0.2) is 4.96 Å². The molecule has 0 bridgehead atoms. The quantitative estimate of drug-likeness (QED) is 0.460. The average molecular weight is 393 g/mol. The molecule has 0 N–H and O–H groups in total. The van der Waals surface area contributed by atoms with Crippen molar-refractivity contribution in [3.8, 4) is 11.3 Å². The molecule has 2 aromatic heterocycles. The first kappa shape index (κ1) is 18.4. The number of benzene rings is 2. The first-order valence-electron chi connectivity index (χ1n) is 9.11. The second-order valence-corrected chi connectivity index (χ2v) is 7.67. The van der Waals surface area contributed by atoms with E-state index in [4.69, 9.17) is 0 Å². The van der Waals surface area contributed by atoms with E-state index in [9.17, 15) is 9.18 Å². The van der Waals surface area contributed by atoms with Gasteiger partial charge < -0.3 is 4.90 Å². The van der Waals surface area contributed by atoms with Gasteiger partial charge in [-0.15, -0.1) is 0 Å². The normalized spacial score (nSPS) is 11.1. The maximum atomic E-state index is 13.2. The molecule has 0 radical (unpaired) electrons. The summed E-state index contributed by atoms with van der Waals surface area (Å²) in [6.45, 7) is 6.50. The van der Waals surface area contributed by atoms with E-state index in [1.165, 1.54) is 23.5 Å². The van der Waals surface area contributed by atoms with Crippen molar-refractivity contribution in [3.05, 3.63) is 76.7 Å². The molecule has 0 saturated carbocycles. The number of aromatic nitrogens is 2. The SMILES string of the molecule is CCN(C(=O)c1sc2nc(-c3ccc(F)cc3)cn2c1C)c1cccc(C)c1. The average Bonchev–Trinajstić information content (AvgIpc) is 3.22. The number of nitrogens with zero attached hydrogens (tertiary/aromatic N) is 3. The maximum Gasteiger partial charge on any atom is 0.270 e. The highest BCUT2D eigenvalue weighted by Gasteiger charge is 2.23. The van der Waals surface area contributed by atoms with Gasteiger partial charge in [-0.3, -0.25) is 9.20 Å². The second-order valence-electron chi connectivity index (χ2n) is 6.69. The molecule has 2 aromatic carbocycles. The van der Waals surface area contributed by atoms with Crippen LogP contribution in [0.15, 0.2) is 54.7 Å². The van der Waals surface area contributed by atoms with Gasteiger partial charge in [0, 0.05) is 29.7 Å². The van der Waals surface area contributed by atoms with Crippen LogP contribution in [0.5, 0.6) is 0 Å². The lowest BCUT2D eigenvalue weighted by Gasteiger charge is -2.21. The number of rotatable bonds is 4. The fourth-order valence-electron chi connectivity index (χ4n) is 3.27. The van der Waals surface area contributed by atoms with Crippen LogP contribution < -0.4 is 4.90 Å². The van der Waals surface area contributed by atoms with Crippen LogP contribution in [0, 0.1) is 19.7 Å². The molecule has 2 heterocycles. The third-order valence-electron chi connectivity index (χ3n) is 4.77. The minimum absolute atomic E-state index is 0.0237. The number of thiazole rings is 1. The Morgan fingerprint density at radius 2 is 1.93 bits per heavy atom. The van der Waals surface area contributed by atoms with E-state index < -0.39 is 0 Å². The molecule has 4 aromatic rings. The van der Waals surface area contributed by atoms with Crippen molar-refractivity contribution < 1.29 is 9.18 Å². The minimum Gasteiger partial charge on any atom is -0.308 e. The number of fused-ring (bicyclic) bond motifs is 1. The first-order valence-corrected chi connectivity index (χ1v) is 9.92. The number of imidazole rings is 1. The van der Waals surface area contributed by atoms with Crippen molar-refractivity contribution >= 4 is 27.9 Å². The Labute approximate surface area is 166 Å². The molecule has 6 heteroatoms. The Morgan fingerprint density at radius 3 is 2.57 bits per heavy atom. The zero-order chi connectivity index (χ0) is 19.8. The van der Waals surface area contributed by atoms with Gasteiger partial charge in [0.1, 0.15) is 10.7 Å². The van der Waals surface area contributed by atoms with E-state index in [0.717, 1.165) is 33.2 Å². The fraction of sp³-hybridized carbons (Fsp3) is 0.182. The van der Waals surface area contributed by atoms with Crippen LogP contribution in [0.1, 0.15) is 27.9 Å². The van der Waals surface area contributed by atoms with Crippen LogP contribution in [0.3, 0.4) is 0 Å². The predicted octanol–water partition coefficient (Wildman–Crippen LogP) is 5.49. The molecule has 0 fully saturated rings. The number of hydrogen-bond acceptors (Lipinski definition) is 3. The van der Waals surface area contributed by atoms with Crippen molar-refractivity contribution in [2.75, 3.05) is 11.4 Å². The molecule has 28 heavy (non-hydrogen) atoms. The summed E-state index contributed by atoms with van der Waals surface area (Å²) in [4.78, 5) is 21.1. The molecule has 4 nitrogen and oxygen atoms in total. The molecular formula is C22H20FN3OS. The molecular weight excluding hydrogens is 373 g/mol. The molecule has 0 aliphatic rings. The highest BCUT2D eigenvalue weighted by molar-refractivity contribution is 7.19. The Balaban J connectivity index is 1.70. The van der Waals surface area contributed by atoms with Gasteiger partial charge in [-0.25, -0.2) is 9.37 Å². The van der Waals surface area contributed by atoms with Crippen molar-refractivity contribution in [3.63, 3.8) is 0 Å². The molecule has 0 saturated heterocycles. The zero-order valence-corrected chi connectivity index (χ0v) is 16.8. The van der Waals surface area contributed by atoms with Crippen molar-refractivity contribution in [2.24, 2.45) is 0 Å². The minimum atomic E-state index is -0.273. The van der Waals surface area contributed by atoms with Gasteiger partial charge >= 0.3 is 0 Å². The van der Waals surface area contributed by atoms with Gasteiger partial charge in [-0.1, -0.05) is 23.5 Å². The fourth-order valence-corrected chi connectivity index (χ4v) is 4.33. The number of amides is 1. The van der Waals surface area contributed by atoms with E-state index in [-0.39, 0.29) is 11.7 Å². The Morgan fingerprint density at radius 1 is 1.18 bits per heavy atom. The molecule has 4 rings (SSSR count). The summed E-state index contributed by atoms with van der Waals surface area (Å²) in [6, 6.07) is 14.2. The van der Waals surface area contributed by atoms with Crippen molar-refractivity contribution in [1.29, 1.82) is 0 Å². The summed E-state index contributed by atoms with van der Waals surface area (Å²) in [5.74, 6) is -0.297. The molecule has 0 aliphatic heterocycles. The number of carbonyl (C=O) groups is 1. The smallest absolute Gasteiger partial charge is 0.270 e. The van der Waals surface area contributed by atoms with Crippen molar-refractivity contribution in [1.82, 2.24) is 9.38 Å². The first-order chi connectivity index (χ1) is 13.5. The lowest BCUT2D eigenvalue weighted by molar-refractivity contribution is 0.0991. The topological polar surface area (TPSA) is 37.6 Å². The van der Waals surface area contributed by atoms with Crippen LogP contribution in [0.2, 0.25) is 0 Å². The van der Waals surface area contributed by atoms with Gasteiger partial charge in [-0.05, 0) is 62.7 Å². The van der Waals surface area contributed by atoms with Gasteiger partial charge in [0.25, 0.3) is 5.91 Å². The summed E-state index contributed by atoms with van der Waals surface area (Å²) in [5.41, 5.74) is 4.48. The lowest BCUT2D eigenvalue weighted by Crippen LogP contribution is -2.30. The summed E-state index contributed by atoms with van der Waals surface area (Å²) in [6.07, 6.45) is 1.90. The van der Waals surface area contributed by atoms with E-state index in [1.54, 1.807) is 17.0 Å². The van der Waals surface area contributed by atoms with Gasteiger partial charge in [0.05, 0.1) is 5.69 Å². The number of anilines is 1. The predicted molar refractivity (Wildman–Crippen MR) is 112 cm³/mol. The Hall–Kier alpha value is -2.99. The maximum absolute atomic E-state index is 13.2. The number of aryl methyl sites for hydroxylation is 2. The molecule has 0 unspecified atom stereocenters. The second kappa shape index (κ2) is 7.20. The van der Waals surface area contributed by atoms with Gasteiger partial charge in [-0.2, -0.15) is 0 Å². The van der Waals surface area contributed by atoms with E-state index >= 15 is 0 Å². The van der Waals surface area contributed by atoms with Crippen LogP contribution in [0.4, 0.5) is 10.1 Å². The largest absolute Gasteiger partial charge is 0.308 e. The van der Waals surface area contributed by atoms with E-state index in [0.29, 0.717) is 11.4 Å². The standard InChI is InChI=1S/C22H20FN3OS/c1-4-25(18-7-5-6-14(2)12-18)21(27)20-15(3)26-13-19(24-22(26)28-20)16-8-10-17(23)11-9-16/h5-13H,4H2,1-3H3. The molecule has 142 valence electrons. The van der Waals surface area contributed by atoms with Crippen LogP contribution >= 0.6 is 11.3 Å². The van der Waals surface area contributed by atoms with Crippen LogP contribution in [-0.2, 0) is 0 Å². The van der Waals surface area contributed by atoms with E-state index in [2.05, 4.69) is 4.98 Å². The monoisotopic (exact) mass is 393 g/mol. The highest BCUT2D eigenvalue weighted by atomic mass is 32.1. The third-order valence-corrected chi connectivity index (χ3v) is 5.91. The van der Waals surface area contributed by atoms with Gasteiger partial charge in [0.2, 0.25) is 0 Å². The zero-order valence-electron chi connectivity index (χ0n) is 15.9. The number of halogens is 1. The summed E-state index contributed by atoms with van der Waals surface area (Å²) < 4.78 is 15.1.